The van der Waals surface area contributed by atoms with E-state index in [2.05, 4.69) is 15.3 Å². The van der Waals surface area contributed by atoms with Crippen LogP contribution in [0.4, 0.5) is 31.1 Å². The van der Waals surface area contributed by atoms with Crippen molar-refractivity contribution in [3.63, 3.8) is 0 Å². The summed E-state index contributed by atoms with van der Waals surface area (Å²) < 4.78 is 88.9. The molecule has 4 rings (SSSR count). The highest BCUT2D eigenvalue weighted by Crippen LogP contribution is 2.36. The minimum Gasteiger partial charge on any atom is -0.444 e. The van der Waals surface area contributed by atoms with Crippen LogP contribution in [-0.4, -0.2) is 79.7 Å². The molecule has 1 unspecified atom stereocenters. The summed E-state index contributed by atoms with van der Waals surface area (Å²) in [7, 11) is 0. The number of alkyl halides is 5. The van der Waals surface area contributed by atoms with E-state index in [1.807, 2.05) is 0 Å². The number of piperidine rings is 1. The van der Waals surface area contributed by atoms with E-state index in [1.165, 1.54) is 17.0 Å². The van der Waals surface area contributed by atoms with E-state index in [4.69, 9.17) is 4.74 Å². The second kappa shape index (κ2) is 12.2. The molecule has 3 heterocycles. The molecular formula is C28H31F6N5O5. The van der Waals surface area contributed by atoms with Crippen molar-refractivity contribution in [2.45, 2.75) is 83.0 Å². The Morgan fingerprint density at radius 2 is 1.80 bits per heavy atom. The van der Waals surface area contributed by atoms with E-state index in [0.717, 1.165) is 12.1 Å². The Balaban J connectivity index is 1.59. The highest BCUT2D eigenvalue weighted by molar-refractivity contribution is 5.80. The minimum absolute atomic E-state index is 0.0934. The van der Waals surface area contributed by atoms with Gasteiger partial charge in [0.15, 0.2) is 17.7 Å². The predicted molar refractivity (Wildman–Crippen MR) is 141 cm³/mol. The van der Waals surface area contributed by atoms with Crippen LogP contribution in [0.2, 0.25) is 0 Å². The van der Waals surface area contributed by atoms with E-state index >= 15 is 0 Å². The van der Waals surface area contributed by atoms with Gasteiger partial charge in [-0.3, -0.25) is 9.59 Å². The highest BCUT2D eigenvalue weighted by atomic mass is 19.4. The number of alkyl carbamates (subject to hydrolysis) is 1. The number of aromatic nitrogens is 2. The fourth-order valence-electron chi connectivity index (χ4n) is 4.93. The number of aliphatic hydroxyl groups is 1. The average Bonchev–Trinajstić information content (AvgIpc) is 2.91. The fraction of sp³-hybridized carbons (Fsp3) is 0.536. The normalized spacial score (nSPS) is 19.3. The third-order valence-electron chi connectivity index (χ3n) is 7.01. The lowest BCUT2D eigenvalue weighted by molar-refractivity contribution is -0.205. The summed E-state index contributed by atoms with van der Waals surface area (Å²) in [5.41, 5.74) is -2.34. The molecule has 2 aromatic rings. The monoisotopic (exact) mass is 631 g/mol. The molecule has 1 aromatic heterocycles. The first-order valence-corrected chi connectivity index (χ1v) is 13.7. The summed E-state index contributed by atoms with van der Waals surface area (Å²) in [6.45, 7) is 3.46. The van der Waals surface area contributed by atoms with Crippen molar-refractivity contribution in [3.05, 3.63) is 47.0 Å². The maximum Gasteiger partial charge on any atom is 0.433 e. The zero-order valence-electron chi connectivity index (χ0n) is 24.1. The van der Waals surface area contributed by atoms with Gasteiger partial charge in [0.1, 0.15) is 11.4 Å². The molecule has 2 aliphatic heterocycles. The van der Waals surface area contributed by atoms with Gasteiger partial charge in [0.05, 0.1) is 18.3 Å². The van der Waals surface area contributed by atoms with Gasteiger partial charge < -0.3 is 25.0 Å². The van der Waals surface area contributed by atoms with Crippen molar-refractivity contribution in [3.8, 4) is 11.4 Å². The molecule has 44 heavy (non-hydrogen) atoms. The van der Waals surface area contributed by atoms with Crippen molar-refractivity contribution in [2.75, 3.05) is 13.1 Å². The van der Waals surface area contributed by atoms with Crippen molar-refractivity contribution in [1.29, 1.82) is 0 Å². The van der Waals surface area contributed by atoms with E-state index < -0.39 is 85.2 Å². The van der Waals surface area contributed by atoms with Crippen molar-refractivity contribution >= 4 is 17.9 Å². The largest absolute Gasteiger partial charge is 0.444 e. The Bertz CT molecular complexity index is 1410. The van der Waals surface area contributed by atoms with E-state index in [9.17, 15) is 45.8 Å². The Hall–Kier alpha value is -3.95. The van der Waals surface area contributed by atoms with Crippen LogP contribution in [0.15, 0.2) is 24.3 Å². The summed E-state index contributed by atoms with van der Waals surface area (Å²) in [5.74, 6) is -6.07. The van der Waals surface area contributed by atoms with Crippen LogP contribution in [0.25, 0.3) is 11.4 Å². The fourth-order valence-corrected chi connectivity index (χ4v) is 4.93. The molecule has 0 radical (unpaired) electrons. The lowest BCUT2D eigenvalue weighted by Gasteiger charge is -2.39. The zero-order valence-corrected chi connectivity index (χ0v) is 24.1. The number of likely N-dealkylation sites (tertiary alicyclic amines) is 1. The molecule has 1 fully saturated rings. The molecule has 240 valence electrons. The molecule has 16 heteroatoms. The molecule has 10 nitrogen and oxygen atoms in total. The third-order valence-corrected chi connectivity index (χ3v) is 7.01. The number of hydrogen-bond donors (Lipinski definition) is 2. The standard InChI is InChI=1S/C28H31F6N5O5/c1-26(2,3)44-25(43)35-17(13-39-20(40)8-10-27(30,31)24(39)42)12-21(41)38-11-9-18-19(14-38)36-23(37-22(18)28(32,33)34)15-4-6-16(29)7-5-15/h4-7,17,24,42H,8-14H2,1-3H3,(H,35,43)/t17-,24?/m0/s1. The van der Waals surface area contributed by atoms with Gasteiger partial charge >= 0.3 is 12.3 Å². The number of benzene rings is 1. The number of rotatable bonds is 6. The SMILES string of the molecule is CC(C)(C)OC(=O)N[C@@H](CC(=O)N1CCc2c(nc(-c3ccc(F)cc3)nc2C(F)(F)F)C1)CN1C(=O)CCC(F)(F)C1O. The number of hydrogen-bond acceptors (Lipinski definition) is 7. The predicted octanol–water partition coefficient (Wildman–Crippen LogP) is 4.05. The molecule has 2 aliphatic rings. The topological polar surface area (TPSA) is 125 Å². The summed E-state index contributed by atoms with van der Waals surface area (Å²) in [6.07, 6.45) is -10.6. The van der Waals surface area contributed by atoms with Gasteiger partial charge in [0.2, 0.25) is 11.8 Å². The van der Waals surface area contributed by atoms with Crippen LogP contribution in [0.5, 0.6) is 0 Å². The molecule has 0 bridgehead atoms. The molecule has 0 aliphatic carbocycles. The van der Waals surface area contributed by atoms with Crippen molar-refractivity contribution in [1.82, 2.24) is 25.1 Å². The summed E-state index contributed by atoms with van der Waals surface area (Å²) in [5, 5.41) is 12.5. The molecule has 2 N–H and O–H groups in total. The summed E-state index contributed by atoms with van der Waals surface area (Å²) >= 11 is 0. The number of nitrogens with one attached hydrogen (secondary N) is 1. The quantitative estimate of drug-likeness (QED) is 0.461. The van der Waals surface area contributed by atoms with Gasteiger partial charge in [-0.15, -0.1) is 0 Å². The second-order valence-corrected chi connectivity index (χ2v) is 11.6. The Morgan fingerprint density at radius 1 is 1.14 bits per heavy atom. The molecular weight excluding hydrogens is 600 g/mol. The van der Waals surface area contributed by atoms with Crippen molar-refractivity contribution < 1.29 is 50.6 Å². The Labute approximate surface area is 248 Å². The smallest absolute Gasteiger partial charge is 0.433 e. The summed E-state index contributed by atoms with van der Waals surface area (Å²) in [4.78, 5) is 47.9. The van der Waals surface area contributed by atoms with Crippen LogP contribution in [0.1, 0.15) is 57.0 Å². The lowest BCUT2D eigenvalue weighted by atomic mass is 10.00. The molecule has 0 spiro atoms. The van der Waals surface area contributed by atoms with Crippen LogP contribution < -0.4 is 5.32 Å². The zero-order chi connectivity index (χ0) is 32.6. The minimum atomic E-state index is -4.85. The van der Waals surface area contributed by atoms with E-state index in [0.29, 0.717) is 4.90 Å². The molecule has 1 aromatic carbocycles. The highest BCUT2D eigenvalue weighted by Gasteiger charge is 2.49. The van der Waals surface area contributed by atoms with Crippen LogP contribution >= 0.6 is 0 Å². The molecule has 1 saturated heterocycles. The van der Waals surface area contributed by atoms with Crippen LogP contribution in [0, 0.1) is 5.82 Å². The van der Waals surface area contributed by atoms with Gasteiger partial charge in [-0.2, -0.15) is 13.2 Å². The van der Waals surface area contributed by atoms with Gasteiger partial charge in [-0.25, -0.2) is 27.9 Å². The number of carbonyl (C=O) groups is 3. The first-order valence-electron chi connectivity index (χ1n) is 13.7. The van der Waals surface area contributed by atoms with Crippen molar-refractivity contribution in [2.24, 2.45) is 0 Å². The van der Waals surface area contributed by atoms with E-state index in [-0.39, 0.29) is 42.2 Å². The van der Waals surface area contributed by atoms with Gasteiger partial charge in [-0.1, -0.05) is 0 Å². The number of aliphatic hydroxyl groups excluding tert-OH is 1. The number of carbonyl (C=O) groups excluding carboxylic acids is 3. The maximum absolute atomic E-state index is 14.2. The number of amides is 3. The second-order valence-electron chi connectivity index (χ2n) is 11.6. The lowest BCUT2D eigenvalue weighted by Crippen LogP contribution is -2.59. The maximum atomic E-state index is 14.2. The van der Waals surface area contributed by atoms with Crippen LogP contribution in [0.3, 0.4) is 0 Å². The van der Waals surface area contributed by atoms with Gasteiger partial charge in [-0.05, 0) is 51.5 Å². The number of nitrogens with zero attached hydrogens (tertiary/aromatic N) is 4. The van der Waals surface area contributed by atoms with Gasteiger partial charge in [0, 0.05) is 43.5 Å². The Kier molecular flexibility index (Phi) is 9.14. The number of ether oxygens (including phenoxy) is 1. The molecule has 3 amide bonds. The first-order chi connectivity index (χ1) is 20.3. The third kappa shape index (κ3) is 7.76. The number of halogens is 6. The number of fused-ring (bicyclic) bond motifs is 1. The van der Waals surface area contributed by atoms with E-state index in [1.54, 1.807) is 20.8 Å². The van der Waals surface area contributed by atoms with Crippen LogP contribution in [-0.2, 0) is 33.5 Å². The summed E-state index contributed by atoms with van der Waals surface area (Å²) in [6, 6.07) is 3.21. The average molecular weight is 632 g/mol. The molecule has 0 saturated carbocycles. The Morgan fingerprint density at radius 3 is 2.41 bits per heavy atom. The first kappa shape index (κ1) is 33.0. The molecule has 2 atom stereocenters. The van der Waals surface area contributed by atoms with Gasteiger partial charge in [0.25, 0.3) is 5.92 Å².